The van der Waals surface area contributed by atoms with Crippen LogP contribution < -0.4 is 0 Å². The van der Waals surface area contributed by atoms with Crippen molar-refractivity contribution < 1.29 is 18.0 Å². The maximum absolute atomic E-state index is 12.4. The van der Waals surface area contributed by atoms with E-state index in [0.29, 0.717) is 19.5 Å². The number of sulfone groups is 1. The Hall–Kier alpha value is -1.11. The monoisotopic (exact) mass is 332 g/mol. The molecule has 6 nitrogen and oxygen atoms in total. The molecule has 22 heavy (non-hydrogen) atoms. The maximum atomic E-state index is 12.4. The van der Waals surface area contributed by atoms with Gasteiger partial charge in [0.2, 0.25) is 11.8 Å². The standard InChI is InChI=1S/C15H28N2O4S/c1-5-12(3)17(13(4)18)9-7-15(19)16(6-2)14-8-10-22(20,21)11-14/h12,14H,5-11H2,1-4H3. The van der Waals surface area contributed by atoms with E-state index in [4.69, 9.17) is 0 Å². The minimum Gasteiger partial charge on any atom is -0.340 e. The van der Waals surface area contributed by atoms with Gasteiger partial charge in [-0.25, -0.2) is 8.42 Å². The molecular weight excluding hydrogens is 304 g/mol. The normalized spacial score (nSPS) is 21.4. The lowest BCUT2D eigenvalue weighted by molar-refractivity contribution is -0.135. The van der Waals surface area contributed by atoms with Crippen LogP contribution in [0.3, 0.4) is 0 Å². The highest BCUT2D eigenvalue weighted by atomic mass is 32.2. The second-order valence-electron chi connectivity index (χ2n) is 5.96. The number of hydrogen-bond donors (Lipinski definition) is 0. The largest absolute Gasteiger partial charge is 0.340 e. The van der Waals surface area contributed by atoms with Crippen LogP contribution in [0.25, 0.3) is 0 Å². The summed E-state index contributed by atoms with van der Waals surface area (Å²) in [7, 11) is -3.00. The zero-order valence-electron chi connectivity index (χ0n) is 14.0. The van der Waals surface area contributed by atoms with Crippen molar-refractivity contribution in [3.05, 3.63) is 0 Å². The van der Waals surface area contributed by atoms with Gasteiger partial charge in [0.25, 0.3) is 0 Å². The van der Waals surface area contributed by atoms with Gasteiger partial charge in [-0.3, -0.25) is 9.59 Å². The fourth-order valence-electron chi connectivity index (χ4n) is 2.93. The molecule has 2 unspecified atom stereocenters. The molecule has 2 amide bonds. The summed E-state index contributed by atoms with van der Waals surface area (Å²) in [4.78, 5) is 27.4. The van der Waals surface area contributed by atoms with Crippen molar-refractivity contribution in [3.63, 3.8) is 0 Å². The van der Waals surface area contributed by atoms with Gasteiger partial charge >= 0.3 is 0 Å². The maximum Gasteiger partial charge on any atom is 0.224 e. The summed E-state index contributed by atoms with van der Waals surface area (Å²) >= 11 is 0. The second-order valence-corrected chi connectivity index (χ2v) is 8.19. The lowest BCUT2D eigenvalue weighted by atomic mass is 10.1. The predicted molar refractivity (Wildman–Crippen MR) is 86.2 cm³/mol. The molecule has 1 aliphatic rings. The summed E-state index contributed by atoms with van der Waals surface area (Å²) in [6, 6.07) is -0.107. The van der Waals surface area contributed by atoms with Gasteiger partial charge in [-0.1, -0.05) is 6.92 Å². The van der Waals surface area contributed by atoms with E-state index in [1.807, 2.05) is 20.8 Å². The van der Waals surface area contributed by atoms with E-state index in [1.54, 1.807) is 9.80 Å². The minimum absolute atomic E-state index is 0.0337. The first-order chi connectivity index (χ1) is 10.2. The first kappa shape index (κ1) is 18.9. The van der Waals surface area contributed by atoms with Gasteiger partial charge in [-0.15, -0.1) is 0 Å². The molecular formula is C15H28N2O4S. The molecule has 1 saturated heterocycles. The van der Waals surface area contributed by atoms with Crippen molar-refractivity contribution in [2.75, 3.05) is 24.6 Å². The van der Waals surface area contributed by atoms with Crippen LogP contribution in [0.5, 0.6) is 0 Å². The highest BCUT2D eigenvalue weighted by Crippen LogP contribution is 2.18. The van der Waals surface area contributed by atoms with Crippen LogP contribution >= 0.6 is 0 Å². The van der Waals surface area contributed by atoms with Crippen molar-refractivity contribution in [1.82, 2.24) is 9.80 Å². The molecule has 0 aromatic rings. The van der Waals surface area contributed by atoms with Crippen molar-refractivity contribution in [2.24, 2.45) is 0 Å². The van der Waals surface area contributed by atoms with Gasteiger partial charge in [0.15, 0.2) is 9.84 Å². The fourth-order valence-corrected chi connectivity index (χ4v) is 4.66. The van der Waals surface area contributed by atoms with E-state index in [9.17, 15) is 18.0 Å². The van der Waals surface area contributed by atoms with Gasteiger partial charge in [-0.2, -0.15) is 0 Å². The van der Waals surface area contributed by atoms with Crippen molar-refractivity contribution in [1.29, 1.82) is 0 Å². The van der Waals surface area contributed by atoms with E-state index in [0.717, 1.165) is 6.42 Å². The predicted octanol–water partition coefficient (Wildman–Crippen LogP) is 1.06. The molecule has 2 atom stereocenters. The lowest BCUT2D eigenvalue weighted by Crippen LogP contribution is -2.44. The molecule has 1 heterocycles. The van der Waals surface area contributed by atoms with Gasteiger partial charge in [0.05, 0.1) is 11.5 Å². The number of amides is 2. The van der Waals surface area contributed by atoms with Crippen LogP contribution in [0, 0.1) is 0 Å². The zero-order valence-corrected chi connectivity index (χ0v) is 14.9. The van der Waals surface area contributed by atoms with Crippen LogP contribution in [-0.2, 0) is 19.4 Å². The summed E-state index contributed by atoms with van der Waals surface area (Å²) in [5, 5.41) is 0. The Kier molecular flexibility index (Phi) is 6.84. The Labute approximate surface area is 133 Å². The lowest BCUT2D eigenvalue weighted by Gasteiger charge is -2.30. The van der Waals surface area contributed by atoms with E-state index in [2.05, 4.69) is 0 Å². The number of carbonyl (C=O) groups is 2. The van der Waals surface area contributed by atoms with Gasteiger partial charge in [0, 0.05) is 38.5 Å². The smallest absolute Gasteiger partial charge is 0.224 e. The van der Waals surface area contributed by atoms with E-state index in [1.165, 1.54) is 6.92 Å². The van der Waals surface area contributed by atoms with Crippen molar-refractivity contribution >= 4 is 21.7 Å². The molecule has 1 fully saturated rings. The molecule has 128 valence electrons. The van der Waals surface area contributed by atoms with E-state index < -0.39 is 9.84 Å². The molecule has 7 heteroatoms. The Morgan fingerprint density at radius 3 is 2.32 bits per heavy atom. The van der Waals surface area contributed by atoms with Crippen LogP contribution in [0.2, 0.25) is 0 Å². The first-order valence-corrected chi connectivity index (χ1v) is 9.81. The molecule has 0 aromatic heterocycles. The first-order valence-electron chi connectivity index (χ1n) is 7.98. The van der Waals surface area contributed by atoms with E-state index >= 15 is 0 Å². The third-order valence-corrected chi connectivity index (χ3v) is 6.15. The molecule has 1 rings (SSSR count). The Morgan fingerprint density at radius 1 is 1.27 bits per heavy atom. The summed E-state index contributed by atoms with van der Waals surface area (Å²) < 4.78 is 23.2. The number of nitrogens with zero attached hydrogens (tertiary/aromatic N) is 2. The van der Waals surface area contributed by atoms with Crippen LogP contribution in [0.15, 0.2) is 0 Å². The molecule has 0 spiro atoms. The molecule has 1 aliphatic heterocycles. The third-order valence-electron chi connectivity index (χ3n) is 4.40. The Morgan fingerprint density at radius 2 is 1.91 bits per heavy atom. The summed E-state index contributed by atoms with van der Waals surface area (Å²) in [5.74, 6) is 0.121. The highest BCUT2D eigenvalue weighted by Gasteiger charge is 2.33. The number of hydrogen-bond acceptors (Lipinski definition) is 4. The quantitative estimate of drug-likeness (QED) is 0.699. The van der Waals surface area contributed by atoms with Gasteiger partial charge < -0.3 is 9.80 Å². The summed E-state index contributed by atoms with van der Waals surface area (Å²) in [6.45, 7) is 8.23. The molecule has 0 aliphatic carbocycles. The Balaban J connectivity index is 2.64. The minimum atomic E-state index is -3.00. The van der Waals surface area contributed by atoms with Crippen molar-refractivity contribution in [3.8, 4) is 0 Å². The number of carbonyl (C=O) groups excluding carboxylic acids is 2. The highest BCUT2D eigenvalue weighted by molar-refractivity contribution is 7.91. The van der Waals surface area contributed by atoms with Crippen LogP contribution in [0.1, 0.15) is 47.0 Å². The van der Waals surface area contributed by atoms with Gasteiger partial charge in [-0.05, 0) is 26.7 Å². The van der Waals surface area contributed by atoms with Crippen LogP contribution in [0.4, 0.5) is 0 Å². The molecule has 0 N–H and O–H groups in total. The number of rotatable bonds is 7. The summed E-state index contributed by atoms with van der Waals surface area (Å²) in [5.41, 5.74) is 0. The molecule has 0 radical (unpaired) electrons. The van der Waals surface area contributed by atoms with E-state index in [-0.39, 0.29) is 41.8 Å². The zero-order chi connectivity index (χ0) is 16.9. The van der Waals surface area contributed by atoms with Gasteiger partial charge in [0.1, 0.15) is 0 Å². The average molecular weight is 332 g/mol. The SMILES string of the molecule is CCC(C)N(CCC(=O)N(CC)C1CCS(=O)(=O)C1)C(C)=O. The second kappa shape index (κ2) is 7.94. The summed E-state index contributed by atoms with van der Waals surface area (Å²) in [6.07, 6.45) is 1.60. The van der Waals surface area contributed by atoms with Crippen molar-refractivity contribution in [2.45, 2.75) is 59.0 Å². The van der Waals surface area contributed by atoms with Crippen LogP contribution in [-0.4, -0.2) is 66.7 Å². The third kappa shape index (κ3) is 4.97. The molecule has 0 bridgehead atoms. The average Bonchev–Trinajstić information content (AvgIpc) is 2.79. The molecule has 0 saturated carbocycles. The fraction of sp³-hybridized carbons (Fsp3) is 0.867. The molecule has 0 aromatic carbocycles. The Bertz CT molecular complexity index is 504. The topological polar surface area (TPSA) is 74.8 Å².